The smallest absolute Gasteiger partial charge is 0.171 e. The first-order valence-electron chi connectivity index (χ1n) is 7.12. The maximum atomic E-state index is 11.9. The number of hydrogen-bond acceptors (Lipinski definition) is 3. The third-order valence-electron chi connectivity index (χ3n) is 6.39. The molecule has 4 saturated carbocycles. The molecular weight excluding hydrogens is 216 g/mol. The molecule has 0 aromatic heterocycles. The Bertz CT molecular complexity index is 398. The van der Waals surface area contributed by atoms with Crippen molar-refractivity contribution in [2.24, 2.45) is 35.5 Å². The molecule has 4 aliphatic carbocycles. The fourth-order valence-electron chi connectivity index (χ4n) is 5.98. The van der Waals surface area contributed by atoms with Crippen LogP contribution in [0.4, 0.5) is 0 Å². The second kappa shape index (κ2) is 2.77. The second-order valence-electron chi connectivity index (χ2n) is 6.59. The van der Waals surface area contributed by atoms with Crippen LogP contribution in [-0.2, 0) is 14.3 Å². The van der Waals surface area contributed by atoms with Crippen molar-refractivity contribution in [1.29, 1.82) is 0 Å². The molecule has 0 N–H and O–H groups in total. The molecule has 5 rings (SSSR count). The highest BCUT2D eigenvalue weighted by atomic mass is 16.7. The Morgan fingerprint density at radius 3 is 2.71 bits per heavy atom. The zero-order chi connectivity index (χ0) is 11.2. The molecular formula is C14H18O3. The van der Waals surface area contributed by atoms with E-state index >= 15 is 0 Å². The Balaban J connectivity index is 1.50. The van der Waals surface area contributed by atoms with Gasteiger partial charge in [-0.3, -0.25) is 4.79 Å². The van der Waals surface area contributed by atoms with E-state index in [0.717, 1.165) is 43.8 Å². The molecule has 0 amide bonds. The van der Waals surface area contributed by atoms with Crippen molar-refractivity contribution in [3.8, 4) is 0 Å². The SMILES string of the molecule is O=C1CC[C@H]2[C@@H]1[C@H]1[C@@H]2[C@@H]2CCC3(OCCO3)[C@@H]21. The molecule has 0 radical (unpaired) electrons. The van der Waals surface area contributed by atoms with E-state index in [1.54, 1.807) is 0 Å². The molecule has 0 bridgehead atoms. The van der Waals surface area contributed by atoms with E-state index in [1.807, 2.05) is 0 Å². The van der Waals surface area contributed by atoms with Crippen LogP contribution in [0.2, 0.25) is 0 Å². The lowest BCUT2D eigenvalue weighted by molar-refractivity contribution is -0.281. The highest BCUT2D eigenvalue weighted by Gasteiger charge is 2.76. The van der Waals surface area contributed by atoms with Crippen LogP contribution in [0.15, 0.2) is 0 Å². The average molecular weight is 234 g/mol. The summed E-state index contributed by atoms with van der Waals surface area (Å²) in [4.78, 5) is 11.9. The Morgan fingerprint density at radius 2 is 1.88 bits per heavy atom. The van der Waals surface area contributed by atoms with E-state index < -0.39 is 0 Å². The van der Waals surface area contributed by atoms with Gasteiger partial charge in [-0.25, -0.2) is 0 Å². The van der Waals surface area contributed by atoms with Crippen LogP contribution >= 0.6 is 0 Å². The normalized spacial score (nSPS) is 57.3. The number of carbonyl (C=O) groups is 1. The maximum Gasteiger partial charge on any atom is 0.171 e. The van der Waals surface area contributed by atoms with Crippen molar-refractivity contribution in [2.75, 3.05) is 13.2 Å². The molecule has 6 atom stereocenters. The predicted molar refractivity (Wildman–Crippen MR) is 59.1 cm³/mol. The van der Waals surface area contributed by atoms with Gasteiger partial charge in [-0.15, -0.1) is 0 Å². The Morgan fingerprint density at radius 1 is 1.06 bits per heavy atom. The first kappa shape index (κ1) is 9.51. The van der Waals surface area contributed by atoms with E-state index in [-0.39, 0.29) is 5.79 Å². The summed E-state index contributed by atoms with van der Waals surface area (Å²) in [5.74, 6) is 4.25. The molecule has 0 aromatic carbocycles. The van der Waals surface area contributed by atoms with Crippen LogP contribution in [0.1, 0.15) is 25.7 Å². The lowest BCUT2D eigenvalue weighted by atomic mass is 9.39. The fraction of sp³-hybridized carbons (Fsp3) is 0.929. The third kappa shape index (κ3) is 0.868. The van der Waals surface area contributed by atoms with Crippen LogP contribution in [-0.4, -0.2) is 24.8 Å². The summed E-state index contributed by atoms with van der Waals surface area (Å²) in [6.07, 6.45) is 4.35. The second-order valence-corrected chi connectivity index (χ2v) is 6.59. The summed E-state index contributed by atoms with van der Waals surface area (Å²) < 4.78 is 11.9. The highest BCUT2D eigenvalue weighted by Crippen LogP contribution is 2.75. The maximum absolute atomic E-state index is 11.9. The van der Waals surface area contributed by atoms with Gasteiger partial charge in [0, 0.05) is 24.7 Å². The van der Waals surface area contributed by atoms with Gasteiger partial charge >= 0.3 is 0 Å². The number of ketones is 1. The molecule has 17 heavy (non-hydrogen) atoms. The minimum atomic E-state index is -0.264. The zero-order valence-electron chi connectivity index (χ0n) is 9.93. The summed E-state index contributed by atoms with van der Waals surface area (Å²) in [7, 11) is 0. The van der Waals surface area contributed by atoms with Gasteiger partial charge in [0.2, 0.25) is 0 Å². The number of hydrogen-bond donors (Lipinski definition) is 0. The monoisotopic (exact) mass is 234 g/mol. The van der Waals surface area contributed by atoms with E-state index in [2.05, 4.69) is 0 Å². The molecule has 3 heteroatoms. The van der Waals surface area contributed by atoms with Crippen molar-refractivity contribution < 1.29 is 14.3 Å². The Kier molecular flexibility index (Phi) is 1.55. The van der Waals surface area contributed by atoms with Gasteiger partial charge in [-0.1, -0.05) is 0 Å². The van der Waals surface area contributed by atoms with Crippen LogP contribution in [0.5, 0.6) is 0 Å². The van der Waals surface area contributed by atoms with E-state index in [4.69, 9.17) is 9.47 Å². The van der Waals surface area contributed by atoms with Gasteiger partial charge in [0.05, 0.1) is 13.2 Å². The topological polar surface area (TPSA) is 35.5 Å². The number of Topliss-reactive ketones (excluding diaryl/α,β-unsaturated/α-hetero) is 1. The molecule has 0 unspecified atom stereocenters. The first-order chi connectivity index (χ1) is 8.32. The molecule has 1 aliphatic heterocycles. The van der Waals surface area contributed by atoms with Crippen molar-refractivity contribution in [1.82, 2.24) is 0 Å². The lowest BCUT2D eigenvalue weighted by Crippen LogP contribution is -2.67. The summed E-state index contributed by atoms with van der Waals surface area (Å²) in [5.41, 5.74) is 0. The van der Waals surface area contributed by atoms with Crippen molar-refractivity contribution in [2.45, 2.75) is 31.5 Å². The molecule has 5 aliphatic rings. The molecule has 1 saturated heterocycles. The average Bonchev–Trinajstić information content (AvgIpc) is 2.93. The highest BCUT2D eigenvalue weighted by molar-refractivity contribution is 5.85. The largest absolute Gasteiger partial charge is 0.347 e. The minimum absolute atomic E-state index is 0.264. The molecule has 3 nitrogen and oxygen atoms in total. The number of ether oxygens (including phenoxy) is 2. The van der Waals surface area contributed by atoms with Gasteiger partial charge in [0.25, 0.3) is 0 Å². The molecule has 0 aromatic rings. The number of fused-ring (bicyclic) bond motifs is 8. The van der Waals surface area contributed by atoms with Gasteiger partial charge in [0.1, 0.15) is 5.78 Å². The van der Waals surface area contributed by atoms with E-state index in [1.165, 1.54) is 12.8 Å². The standard InChI is InChI=1S/C14H18O3/c15-9-2-1-7-10-8-3-4-14(16-5-6-17-14)13(8)12(10)11(7)9/h7-8,10-13H,1-6H2/t7-,8+,10+,11+,12-,13+/m1/s1. The van der Waals surface area contributed by atoms with E-state index in [0.29, 0.717) is 23.5 Å². The fourth-order valence-corrected chi connectivity index (χ4v) is 5.98. The van der Waals surface area contributed by atoms with E-state index in [9.17, 15) is 4.79 Å². The molecule has 1 heterocycles. The predicted octanol–water partition coefficient (Wildman–Crippen LogP) is 1.61. The van der Waals surface area contributed by atoms with Crippen LogP contribution < -0.4 is 0 Å². The number of carbonyl (C=O) groups excluding carboxylic acids is 1. The molecule has 1 spiro atoms. The zero-order valence-corrected chi connectivity index (χ0v) is 9.93. The quantitative estimate of drug-likeness (QED) is 0.639. The molecule has 92 valence electrons. The van der Waals surface area contributed by atoms with Gasteiger partial charge < -0.3 is 9.47 Å². The number of rotatable bonds is 0. The van der Waals surface area contributed by atoms with Crippen molar-refractivity contribution in [3.05, 3.63) is 0 Å². The molecule has 5 fully saturated rings. The van der Waals surface area contributed by atoms with Gasteiger partial charge in [-0.05, 0) is 36.5 Å². The third-order valence-corrected chi connectivity index (χ3v) is 6.39. The summed E-state index contributed by atoms with van der Waals surface area (Å²) in [6, 6.07) is 0. The summed E-state index contributed by atoms with van der Waals surface area (Å²) >= 11 is 0. The van der Waals surface area contributed by atoms with Crippen molar-refractivity contribution >= 4 is 5.78 Å². The van der Waals surface area contributed by atoms with Gasteiger partial charge in [0.15, 0.2) is 5.79 Å². The Labute approximate surface area is 101 Å². The Hall–Kier alpha value is -0.410. The minimum Gasteiger partial charge on any atom is -0.347 e. The van der Waals surface area contributed by atoms with Gasteiger partial charge in [-0.2, -0.15) is 0 Å². The van der Waals surface area contributed by atoms with Crippen molar-refractivity contribution in [3.63, 3.8) is 0 Å². The van der Waals surface area contributed by atoms with Crippen LogP contribution in [0, 0.1) is 35.5 Å². The summed E-state index contributed by atoms with van der Waals surface area (Å²) in [5, 5.41) is 0. The first-order valence-corrected chi connectivity index (χ1v) is 7.12. The lowest BCUT2D eigenvalue weighted by Gasteiger charge is -2.66. The van der Waals surface area contributed by atoms with Crippen LogP contribution in [0.25, 0.3) is 0 Å². The summed E-state index contributed by atoms with van der Waals surface area (Å²) in [6.45, 7) is 1.51. The van der Waals surface area contributed by atoms with Crippen LogP contribution in [0.3, 0.4) is 0 Å².